The van der Waals surface area contributed by atoms with Crippen molar-refractivity contribution in [3.05, 3.63) is 58.7 Å². The van der Waals surface area contributed by atoms with Crippen LogP contribution in [0.3, 0.4) is 0 Å². The topological polar surface area (TPSA) is 61.8 Å². The number of aldehydes is 1. The average Bonchev–Trinajstić information content (AvgIpc) is 2.75. The second-order valence-corrected chi connectivity index (χ2v) is 10.8. The Morgan fingerprint density at radius 3 is 1.90 bits per heavy atom. The third-order valence-electron chi connectivity index (χ3n) is 5.89. The molecule has 7 heteroatoms. The van der Waals surface area contributed by atoms with Crippen LogP contribution in [0.1, 0.15) is 41.5 Å². The number of carbonyl (C=O) groups excluding carboxylic acids is 2. The molecule has 0 bridgehead atoms. The molecule has 0 amide bonds. The standard InChI is InChI=1S/C24H34O5Si2/c1-16-8-6-10-22(18(16)3)30-28-20(12-13-25)14-21(15-24(26)27-5)29-31-23-11-7-9-17(2)19(23)4/h6-11,13,20-21H,12,14-15,30-31H2,1-5H3. The lowest BCUT2D eigenvalue weighted by Gasteiger charge is -2.24. The van der Waals surface area contributed by atoms with Gasteiger partial charge in [0.25, 0.3) is 0 Å². The summed E-state index contributed by atoms with van der Waals surface area (Å²) in [4.78, 5) is 23.2. The summed E-state index contributed by atoms with van der Waals surface area (Å²) in [6, 6.07) is 12.5. The van der Waals surface area contributed by atoms with E-state index in [4.69, 9.17) is 13.6 Å². The molecule has 0 N–H and O–H groups in total. The summed E-state index contributed by atoms with van der Waals surface area (Å²) in [6.07, 6.45) is 1.27. The monoisotopic (exact) mass is 458 g/mol. The molecular weight excluding hydrogens is 424 g/mol. The second kappa shape index (κ2) is 12.7. The number of ether oxygens (including phenoxy) is 1. The van der Waals surface area contributed by atoms with Crippen LogP contribution in [0, 0.1) is 27.7 Å². The molecule has 0 heterocycles. The first-order valence-corrected chi connectivity index (χ1v) is 13.3. The summed E-state index contributed by atoms with van der Waals surface area (Å²) in [7, 11) is -0.651. The predicted molar refractivity (Wildman–Crippen MR) is 130 cm³/mol. The molecule has 0 aliphatic rings. The lowest BCUT2D eigenvalue weighted by molar-refractivity contribution is -0.142. The van der Waals surface area contributed by atoms with Crippen molar-refractivity contribution < 1.29 is 23.2 Å². The van der Waals surface area contributed by atoms with Crippen molar-refractivity contribution >= 4 is 42.2 Å². The van der Waals surface area contributed by atoms with Gasteiger partial charge in [0, 0.05) is 6.42 Å². The van der Waals surface area contributed by atoms with Crippen LogP contribution in [-0.4, -0.2) is 51.1 Å². The molecule has 0 spiro atoms. The van der Waals surface area contributed by atoms with Crippen LogP contribution < -0.4 is 10.4 Å². The molecule has 5 nitrogen and oxygen atoms in total. The van der Waals surface area contributed by atoms with Gasteiger partial charge < -0.3 is 18.4 Å². The summed E-state index contributed by atoms with van der Waals surface area (Å²) >= 11 is 0. The van der Waals surface area contributed by atoms with E-state index < -0.39 is 19.5 Å². The van der Waals surface area contributed by atoms with Gasteiger partial charge in [0.1, 0.15) is 6.29 Å². The molecule has 0 aliphatic carbocycles. The smallest absolute Gasteiger partial charge is 0.308 e. The van der Waals surface area contributed by atoms with Gasteiger partial charge in [0.2, 0.25) is 0 Å². The molecule has 2 aromatic rings. The van der Waals surface area contributed by atoms with E-state index in [1.807, 2.05) is 12.1 Å². The maximum absolute atomic E-state index is 12.0. The molecule has 2 rings (SSSR count). The molecule has 0 aliphatic heterocycles. The van der Waals surface area contributed by atoms with Crippen molar-refractivity contribution in [3.8, 4) is 0 Å². The highest BCUT2D eigenvalue weighted by Crippen LogP contribution is 2.14. The molecule has 0 saturated carbocycles. The van der Waals surface area contributed by atoms with Gasteiger partial charge in [-0.05, 0) is 66.7 Å². The van der Waals surface area contributed by atoms with Gasteiger partial charge in [-0.3, -0.25) is 4.79 Å². The number of aryl methyl sites for hydroxylation is 2. The van der Waals surface area contributed by atoms with Crippen molar-refractivity contribution in [2.45, 2.75) is 59.2 Å². The SMILES string of the molecule is COC(=O)CC(CC(CC=O)O[SiH2]c1cccc(C)c1C)O[SiH2]c1cccc(C)c1C. The van der Waals surface area contributed by atoms with Crippen LogP contribution in [0.5, 0.6) is 0 Å². The fourth-order valence-electron chi connectivity index (χ4n) is 3.46. The third kappa shape index (κ3) is 7.85. The van der Waals surface area contributed by atoms with Crippen LogP contribution in [-0.2, 0) is 23.2 Å². The number of benzene rings is 2. The summed E-state index contributed by atoms with van der Waals surface area (Å²) in [5, 5.41) is 2.47. The first kappa shape index (κ1) is 25.2. The van der Waals surface area contributed by atoms with E-state index in [1.54, 1.807) is 0 Å². The Bertz CT molecular complexity index is 884. The summed E-state index contributed by atoms with van der Waals surface area (Å²) in [5.74, 6) is -0.309. The second-order valence-electron chi connectivity index (χ2n) is 8.00. The minimum Gasteiger partial charge on any atom is -0.469 e. The Morgan fingerprint density at radius 2 is 1.42 bits per heavy atom. The molecule has 31 heavy (non-hydrogen) atoms. The Labute approximate surface area is 190 Å². The van der Waals surface area contributed by atoms with Crippen molar-refractivity contribution in [2.75, 3.05) is 7.11 Å². The number of hydrogen-bond acceptors (Lipinski definition) is 5. The van der Waals surface area contributed by atoms with E-state index in [9.17, 15) is 9.59 Å². The van der Waals surface area contributed by atoms with E-state index in [2.05, 4.69) is 52.0 Å². The minimum atomic E-state index is -1.03. The van der Waals surface area contributed by atoms with Crippen molar-refractivity contribution in [3.63, 3.8) is 0 Å². The highest BCUT2D eigenvalue weighted by atomic mass is 28.2. The number of methoxy groups -OCH3 is 1. The molecule has 168 valence electrons. The third-order valence-corrected chi connectivity index (χ3v) is 9.32. The van der Waals surface area contributed by atoms with Gasteiger partial charge in [-0.25, -0.2) is 0 Å². The largest absolute Gasteiger partial charge is 0.469 e. The molecule has 0 saturated heterocycles. The molecule has 2 atom stereocenters. The zero-order valence-corrected chi connectivity index (χ0v) is 22.1. The van der Waals surface area contributed by atoms with Gasteiger partial charge in [0.05, 0.1) is 25.7 Å². The predicted octanol–water partition coefficient (Wildman–Crippen LogP) is 1.35. The van der Waals surface area contributed by atoms with E-state index in [0.29, 0.717) is 12.8 Å². The maximum atomic E-state index is 12.0. The molecule has 2 unspecified atom stereocenters. The Morgan fingerprint density at radius 1 is 0.903 bits per heavy atom. The van der Waals surface area contributed by atoms with E-state index >= 15 is 0 Å². The van der Waals surface area contributed by atoms with E-state index in [1.165, 1.54) is 39.7 Å². The molecule has 0 radical (unpaired) electrons. The lowest BCUT2D eigenvalue weighted by Crippen LogP contribution is -2.34. The van der Waals surface area contributed by atoms with E-state index in [0.717, 1.165) is 6.29 Å². The number of rotatable bonds is 12. The first-order valence-electron chi connectivity index (χ1n) is 10.7. The Hall–Kier alpha value is -2.07. The highest BCUT2D eigenvalue weighted by molar-refractivity contribution is 6.48. The van der Waals surface area contributed by atoms with Crippen molar-refractivity contribution in [1.29, 1.82) is 0 Å². The van der Waals surface area contributed by atoms with Crippen LogP contribution >= 0.6 is 0 Å². The van der Waals surface area contributed by atoms with Gasteiger partial charge in [0.15, 0.2) is 19.5 Å². The average molecular weight is 459 g/mol. The van der Waals surface area contributed by atoms with Crippen LogP contribution in [0.25, 0.3) is 0 Å². The van der Waals surface area contributed by atoms with Crippen LogP contribution in [0.4, 0.5) is 0 Å². The normalized spacial score (nSPS) is 13.7. The van der Waals surface area contributed by atoms with Gasteiger partial charge in [-0.15, -0.1) is 0 Å². The minimum absolute atomic E-state index is 0.165. The van der Waals surface area contributed by atoms with Crippen LogP contribution in [0.15, 0.2) is 36.4 Å². The quantitative estimate of drug-likeness (QED) is 0.273. The maximum Gasteiger partial charge on any atom is 0.308 e. The Kier molecular flexibility index (Phi) is 10.3. The first-order chi connectivity index (χ1) is 14.8. The lowest BCUT2D eigenvalue weighted by atomic mass is 10.1. The fourth-order valence-corrected chi connectivity index (χ4v) is 6.28. The van der Waals surface area contributed by atoms with Crippen LogP contribution in [0.2, 0.25) is 0 Å². The summed E-state index contributed by atoms with van der Waals surface area (Å²) in [6.45, 7) is 8.39. The Balaban J connectivity index is 2.07. The van der Waals surface area contributed by atoms with Crippen molar-refractivity contribution in [1.82, 2.24) is 0 Å². The van der Waals surface area contributed by atoms with Crippen molar-refractivity contribution in [2.24, 2.45) is 0 Å². The highest BCUT2D eigenvalue weighted by Gasteiger charge is 2.22. The zero-order chi connectivity index (χ0) is 22.8. The van der Waals surface area contributed by atoms with Gasteiger partial charge in [-0.1, -0.05) is 36.4 Å². The molecular formula is C24H34O5Si2. The number of carbonyl (C=O) groups is 2. The zero-order valence-electron chi connectivity index (χ0n) is 19.3. The summed E-state index contributed by atoms with van der Waals surface area (Å²) in [5.41, 5.74) is 4.98. The van der Waals surface area contributed by atoms with Gasteiger partial charge >= 0.3 is 5.97 Å². The summed E-state index contributed by atoms with van der Waals surface area (Å²) < 4.78 is 17.4. The number of hydrogen-bond donors (Lipinski definition) is 0. The van der Waals surface area contributed by atoms with Gasteiger partial charge in [-0.2, -0.15) is 0 Å². The molecule has 0 aromatic heterocycles. The van der Waals surface area contributed by atoms with E-state index in [-0.39, 0.29) is 24.6 Å². The molecule has 0 fully saturated rings. The fraction of sp³-hybridized carbons (Fsp3) is 0.417. The molecule has 2 aromatic carbocycles. The number of esters is 1.